The summed E-state index contributed by atoms with van der Waals surface area (Å²) in [6.07, 6.45) is 2.49. The van der Waals surface area contributed by atoms with Gasteiger partial charge in [0.15, 0.2) is 11.6 Å². The maximum absolute atomic E-state index is 13.5. The van der Waals surface area contributed by atoms with Gasteiger partial charge in [-0.05, 0) is 42.3 Å². The van der Waals surface area contributed by atoms with Gasteiger partial charge >= 0.3 is 5.97 Å². The Kier molecular flexibility index (Phi) is 4.15. The van der Waals surface area contributed by atoms with E-state index < -0.39 is 11.8 Å². The second-order valence-corrected chi connectivity index (χ2v) is 4.23. The van der Waals surface area contributed by atoms with Crippen LogP contribution in [0.4, 0.5) is 4.39 Å². The predicted octanol–water partition coefficient (Wildman–Crippen LogP) is 4.02. The highest BCUT2D eigenvalue weighted by Crippen LogP contribution is 2.28. The monoisotopic (exact) mass is 272 g/mol. The number of hydrogen-bond donors (Lipinski definition) is 1. The van der Waals surface area contributed by atoms with E-state index >= 15 is 0 Å². The van der Waals surface area contributed by atoms with Gasteiger partial charge in [-0.2, -0.15) is 0 Å². The predicted molar refractivity (Wildman–Crippen MR) is 74.3 cm³/mol. The first-order chi connectivity index (χ1) is 9.56. The molecule has 2 rings (SSSR count). The van der Waals surface area contributed by atoms with E-state index in [1.54, 1.807) is 30.3 Å². The van der Waals surface area contributed by atoms with E-state index in [0.29, 0.717) is 11.3 Å². The van der Waals surface area contributed by atoms with E-state index in [4.69, 9.17) is 9.84 Å². The Bertz CT molecular complexity index is 663. The van der Waals surface area contributed by atoms with Gasteiger partial charge in [-0.25, -0.2) is 9.18 Å². The number of aliphatic carboxylic acids is 1. The summed E-state index contributed by atoms with van der Waals surface area (Å²) in [4.78, 5) is 10.5. The van der Waals surface area contributed by atoms with Crippen molar-refractivity contribution in [3.05, 3.63) is 65.5 Å². The van der Waals surface area contributed by atoms with Crippen LogP contribution in [0, 0.1) is 12.7 Å². The zero-order valence-corrected chi connectivity index (χ0v) is 10.8. The third-order valence-electron chi connectivity index (χ3n) is 2.69. The first-order valence-corrected chi connectivity index (χ1v) is 6.00. The molecule has 0 aliphatic heterocycles. The summed E-state index contributed by atoms with van der Waals surface area (Å²) in [7, 11) is 0. The molecule has 0 unspecified atom stereocenters. The lowest BCUT2D eigenvalue weighted by molar-refractivity contribution is -0.131. The molecule has 2 aromatic carbocycles. The molecule has 0 saturated heterocycles. The summed E-state index contributed by atoms with van der Waals surface area (Å²) in [6.45, 7) is 1.83. The number of carbonyl (C=O) groups is 1. The minimum Gasteiger partial charge on any atom is -0.478 e. The Morgan fingerprint density at radius 2 is 1.95 bits per heavy atom. The standard InChI is InChI=1S/C16H13FO3/c1-11-6-7-12(8-9-16(18)19)10-15(11)20-14-5-3-2-4-13(14)17/h2-10H,1H3,(H,18,19)/b9-8+. The number of ether oxygens (including phenoxy) is 1. The molecule has 0 bridgehead atoms. The van der Waals surface area contributed by atoms with E-state index in [1.807, 2.05) is 6.92 Å². The smallest absolute Gasteiger partial charge is 0.328 e. The molecule has 1 N–H and O–H groups in total. The molecule has 20 heavy (non-hydrogen) atoms. The molecule has 0 heterocycles. The Hall–Kier alpha value is -2.62. The molecule has 102 valence electrons. The zero-order chi connectivity index (χ0) is 14.5. The third-order valence-corrected chi connectivity index (χ3v) is 2.69. The molecule has 0 atom stereocenters. The first-order valence-electron chi connectivity index (χ1n) is 6.00. The average molecular weight is 272 g/mol. The summed E-state index contributed by atoms with van der Waals surface area (Å²) in [5.41, 5.74) is 1.50. The minimum atomic E-state index is -1.03. The fraction of sp³-hybridized carbons (Fsp3) is 0.0625. The number of benzene rings is 2. The minimum absolute atomic E-state index is 0.134. The fourth-order valence-corrected chi connectivity index (χ4v) is 1.64. The molecule has 0 fully saturated rings. The Balaban J connectivity index is 2.30. The number of carboxylic acid groups (broad SMARTS) is 1. The van der Waals surface area contributed by atoms with Gasteiger partial charge in [0.2, 0.25) is 0 Å². The SMILES string of the molecule is Cc1ccc(/C=C/C(=O)O)cc1Oc1ccccc1F. The van der Waals surface area contributed by atoms with Gasteiger partial charge in [0.25, 0.3) is 0 Å². The van der Waals surface area contributed by atoms with Crippen molar-refractivity contribution in [1.82, 2.24) is 0 Å². The number of hydrogen-bond acceptors (Lipinski definition) is 2. The van der Waals surface area contributed by atoms with Gasteiger partial charge in [-0.3, -0.25) is 0 Å². The van der Waals surface area contributed by atoms with Crippen LogP contribution in [-0.2, 0) is 4.79 Å². The van der Waals surface area contributed by atoms with Crippen LogP contribution in [0.25, 0.3) is 6.08 Å². The van der Waals surface area contributed by atoms with Gasteiger partial charge in [0, 0.05) is 6.08 Å². The van der Waals surface area contributed by atoms with Crippen molar-refractivity contribution < 1.29 is 19.0 Å². The second-order valence-electron chi connectivity index (χ2n) is 4.23. The number of halogens is 1. The number of rotatable bonds is 4. The van der Waals surface area contributed by atoms with Crippen molar-refractivity contribution in [2.75, 3.05) is 0 Å². The van der Waals surface area contributed by atoms with Crippen molar-refractivity contribution >= 4 is 12.0 Å². The summed E-state index contributed by atoms with van der Waals surface area (Å²) in [5, 5.41) is 8.60. The highest BCUT2D eigenvalue weighted by Gasteiger charge is 2.06. The van der Waals surface area contributed by atoms with Crippen molar-refractivity contribution in [1.29, 1.82) is 0 Å². The summed E-state index contributed by atoms with van der Waals surface area (Å²) < 4.78 is 19.1. The van der Waals surface area contributed by atoms with E-state index in [1.165, 1.54) is 18.2 Å². The maximum Gasteiger partial charge on any atom is 0.328 e. The molecular formula is C16H13FO3. The Morgan fingerprint density at radius 3 is 2.65 bits per heavy atom. The van der Waals surface area contributed by atoms with Crippen LogP contribution < -0.4 is 4.74 Å². The molecule has 0 saturated carbocycles. The van der Waals surface area contributed by atoms with Crippen LogP contribution in [0.2, 0.25) is 0 Å². The highest BCUT2D eigenvalue weighted by atomic mass is 19.1. The maximum atomic E-state index is 13.5. The second kappa shape index (κ2) is 6.02. The number of aryl methyl sites for hydroxylation is 1. The van der Waals surface area contributed by atoms with Crippen molar-refractivity contribution in [2.45, 2.75) is 6.92 Å². The molecular weight excluding hydrogens is 259 g/mol. The van der Waals surface area contributed by atoms with Gasteiger partial charge in [0.1, 0.15) is 5.75 Å². The highest BCUT2D eigenvalue weighted by molar-refractivity contribution is 5.85. The lowest BCUT2D eigenvalue weighted by atomic mass is 10.1. The van der Waals surface area contributed by atoms with Gasteiger partial charge in [0.05, 0.1) is 0 Å². The molecule has 0 aromatic heterocycles. The fourth-order valence-electron chi connectivity index (χ4n) is 1.64. The molecule has 0 amide bonds. The number of para-hydroxylation sites is 1. The van der Waals surface area contributed by atoms with E-state index in [-0.39, 0.29) is 5.75 Å². The van der Waals surface area contributed by atoms with Crippen molar-refractivity contribution in [3.63, 3.8) is 0 Å². The molecule has 2 aromatic rings. The summed E-state index contributed by atoms with van der Waals surface area (Å²) in [6, 6.07) is 11.3. The van der Waals surface area contributed by atoms with Crippen LogP contribution in [0.15, 0.2) is 48.5 Å². The van der Waals surface area contributed by atoms with Crippen molar-refractivity contribution in [2.24, 2.45) is 0 Å². The molecule has 0 spiro atoms. The molecule has 3 nitrogen and oxygen atoms in total. The zero-order valence-electron chi connectivity index (χ0n) is 10.8. The lowest BCUT2D eigenvalue weighted by Crippen LogP contribution is -1.91. The topological polar surface area (TPSA) is 46.5 Å². The van der Waals surface area contributed by atoms with Gasteiger partial charge < -0.3 is 9.84 Å². The summed E-state index contributed by atoms with van der Waals surface area (Å²) in [5.74, 6) is -0.849. The van der Waals surface area contributed by atoms with Crippen molar-refractivity contribution in [3.8, 4) is 11.5 Å². The van der Waals surface area contributed by atoms with Gasteiger partial charge in [-0.15, -0.1) is 0 Å². The molecule has 0 radical (unpaired) electrons. The summed E-state index contributed by atoms with van der Waals surface area (Å²) >= 11 is 0. The Labute approximate surface area is 115 Å². The normalized spacial score (nSPS) is 10.7. The van der Waals surface area contributed by atoms with Crippen LogP contribution in [-0.4, -0.2) is 11.1 Å². The first kappa shape index (κ1) is 13.8. The number of carboxylic acids is 1. The lowest BCUT2D eigenvalue weighted by Gasteiger charge is -2.10. The van der Waals surface area contributed by atoms with E-state index in [9.17, 15) is 9.18 Å². The van der Waals surface area contributed by atoms with Gasteiger partial charge in [-0.1, -0.05) is 24.3 Å². The molecule has 0 aliphatic carbocycles. The molecule has 4 heteroatoms. The van der Waals surface area contributed by atoms with E-state index in [2.05, 4.69) is 0 Å². The van der Waals surface area contributed by atoms with Crippen LogP contribution >= 0.6 is 0 Å². The van der Waals surface area contributed by atoms with Crippen LogP contribution in [0.1, 0.15) is 11.1 Å². The Morgan fingerprint density at radius 1 is 1.20 bits per heavy atom. The third kappa shape index (κ3) is 3.45. The largest absolute Gasteiger partial charge is 0.478 e. The van der Waals surface area contributed by atoms with E-state index in [0.717, 1.165) is 11.6 Å². The van der Waals surface area contributed by atoms with Crippen LogP contribution in [0.5, 0.6) is 11.5 Å². The average Bonchev–Trinajstić information content (AvgIpc) is 2.42. The quantitative estimate of drug-likeness (QED) is 0.855. The van der Waals surface area contributed by atoms with Crippen LogP contribution in [0.3, 0.4) is 0 Å². The molecule has 0 aliphatic rings.